The molecule has 1 N–H and O–H groups in total. The maximum atomic E-state index is 8.80. The molecule has 1 aromatic carbocycles. The van der Waals surface area contributed by atoms with E-state index >= 15 is 0 Å². The molecule has 17 heavy (non-hydrogen) atoms. The summed E-state index contributed by atoms with van der Waals surface area (Å²) in [6.07, 6.45) is 1.64. The minimum absolute atomic E-state index is 0.618. The van der Waals surface area contributed by atoms with Crippen LogP contribution in [0.3, 0.4) is 0 Å². The number of hydrogen-bond acceptors (Lipinski definition) is 4. The predicted octanol–water partition coefficient (Wildman–Crippen LogP) is 4.04. The van der Waals surface area contributed by atoms with Crippen molar-refractivity contribution in [1.82, 2.24) is 4.98 Å². The zero-order valence-corrected chi connectivity index (χ0v) is 11.7. The molecule has 86 valence electrons. The van der Waals surface area contributed by atoms with Crippen molar-refractivity contribution in [2.24, 2.45) is 0 Å². The van der Waals surface area contributed by atoms with Crippen molar-refractivity contribution in [1.29, 1.82) is 5.26 Å². The van der Waals surface area contributed by atoms with Crippen molar-refractivity contribution in [2.75, 3.05) is 5.32 Å². The first-order chi connectivity index (χ1) is 8.19. The molecule has 3 nitrogen and oxygen atoms in total. The average molecular weight is 329 g/mol. The molecule has 0 fully saturated rings. The fraction of sp³-hybridized carbons (Fsp3) is 0.0909. The Labute approximate surface area is 116 Å². The Morgan fingerprint density at radius 1 is 1.53 bits per heavy atom. The van der Waals surface area contributed by atoms with Gasteiger partial charge in [0.15, 0.2) is 0 Å². The first-order valence-corrected chi connectivity index (χ1v) is 6.71. The largest absolute Gasteiger partial charge is 0.378 e. The van der Waals surface area contributed by atoms with Crippen LogP contribution in [0.15, 0.2) is 28.9 Å². The predicted molar refractivity (Wildman–Crippen MR) is 73.3 cm³/mol. The lowest BCUT2D eigenvalue weighted by Gasteiger charge is -2.05. The smallest absolute Gasteiger partial charge is 0.113 e. The molecule has 1 aromatic heterocycles. The summed E-state index contributed by atoms with van der Waals surface area (Å²) >= 11 is 10.6. The Morgan fingerprint density at radius 2 is 2.35 bits per heavy atom. The number of thiazole rings is 1. The number of anilines is 1. The van der Waals surface area contributed by atoms with Gasteiger partial charge in [-0.25, -0.2) is 4.98 Å². The van der Waals surface area contributed by atoms with E-state index in [2.05, 4.69) is 32.3 Å². The van der Waals surface area contributed by atoms with Crippen molar-refractivity contribution in [2.45, 2.75) is 6.54 Å². The van der Waals surface area contributed by atoms with Crippen LogP contribution in [0.4, 0.5) is 5.69 Å². The van der Waals surface area contributed by atoms with Gasteiger partial charge in [-0.15, -0.1) is 11.3 Å². The third kappa shape index (κ3) is 3.19. The summed E-state index contributed by atoms with van der Waals surface area (Å²) in [4.78, 5) is 4.15. The molecule has 0 radical (unpaired) electrons. The van der Waals surface area contributed by atoms with Crippen LogP contribution in [0, 0.1) is 11.3 Å². The van der Waals surface area contributed by atoms with E-state index in [-0.39, 0.29) is 0 Å². The normalized spacial score (nSPS) is 9.94. The van der Waals surface area contributed by atoms with Crippen LogP contribution in [-0.4, -0.2) is 4.98 Å². The van der Waals surface area contributed by atoms with Crippen molar-refractivity contribution >= 4 is 44.6 Å². The molecule has 0 aliphatic carbocycles. The van der Waals surface area contributed by atoms with Gasteiger partial charge in [0.25, 0.3) is 0 Å². The lowest BCUT2D eigenvalue weighted by Crippen LogP contribution is -1.98. The van der Waals surface area contributed by atoms with Gasteiger partial charge >= 0.3 is 0 Å². The molecule has 0 aliphatic heterocycles. The Kier molecular flexibility index (Phi) is 4.00. The van der Waals surface area contributed by atoms with Gasteiger partial charge in [-0.05, 0) is 34.1 Å². The third-order valence-electron chi connectivity index (χ3n) is 2.06. The van der Waals surface area contributed by atoms with E-state index in [1.807, 2.05) is 12.1 Å². The van der Waals surface area contributed by atoms with Crippen LogP contribution in [0.5, 0.6) is 0 Å². The molecule has 0 amide bonds. The number of halogens is 2. The molecule has 0 saturated carbocycles. The molecule has 1 heterocycles. The summed E-state index contributed by atoms with van der Waals surface area (Å²) in [6, 6.07) is 7.59. The Morgan fingerprint density at radius 3 is 2.94 bits per heavy atom. The number of aromatic nitrogens is 1. The van der Waals surface area contributed by atoms with Gasteiger partial charge in [0.1, 0.15) is 15.4 Å². The monoisotopic (exact) mass is 327 g/mol. The fourth-order valence-electron chi connectivity index (χ4n) is 1.26. The molecule has 0 unspecified atom stereocenters. The highest BCUT2D eigenvalue weighted by Gasteiger charge is 2.02. The lowest BCUT2D eigenvalue weighted by molar-refractivity contribution is 1.10. The van der Waals surface area contributed by atoms with E-state index in [4.69, 9.17) is 16.9 Å². The van der Waals surface area contributed by atoms with Crippen LogP contribution in [0.1, 0.15) is 10.6 Å². The standard InChI is InChI=1S/C11H7BrClN3S/c12-9-3-8(2-1-7(9)4-14)15-6-11-16-5-10(13)17-11/h1-3,5,15H,6H2. The molecule has 2 aromatic rings. The van der Waals surface area contributed by atoms with Crippen LogP contribution >= 0.6 is 38.9 Å². The number of benzene rings is 1. The molecule has 0 saturated heterocycles. The highest BCUT2D eigenvalue weighted by molar-refractivity contribution is 9.10. The molecular formula is C11H7BrClN3S. The van der Waals surface area contributed by atoms with Crippen molar-refractivity contribution in [3.63, 3.8) is 0 Å². The summed E-state index contributed by atoms with van der Waals surface area (Å²) < 4.78 is 1.46. The SMILES string of the molecule is N#Cc1ccc(NCc2ncc(Cl)s2)cc1Br. The van der Waals surface area contributed by atoms with E-state index in [9.17, 15) is 0 Å². The van der Waals surface area contributed by atoms with Crippen molar-refractivity contribution in [3.05, 3.63) is 43.8 Å². The van der Waals surface area contributed by atoms with Crippen molar-refractivity contribution < 1.29 is 0 Å². The summed E-state index contributed by atoms with van der Waals surface area (Å²) in [5.74, 6) is 0. The molecule has 2 rings (SSSR count). The van der Waals surface area contributed by atoms with E-state index in [0.29, 0.717) is 16.4 Å². The van der Waals surface area contributed by atoms with Gasteiger partial charge in [-0.2, -0.15) is 5.26 Å². The zero-order valence-electron chi connectivity index (χ0n) is 8.58. The van der Waals surface area contributed by atoms with Gasteiger partial charge in [0.2, 0.25) is 0 Å². The van der Waals surface area contributed by atoms with Crippen LogP contribution in [-0.2, 0) is 6.54 Å². The third-order valence-corrected chi connectivity index (χ3v) is 3.83. The van der Waals surface area contributed by atoms with E-state index in [1.165, 1.54) is 11.3 Å². The minimum atomic E-state index is 0.618. The summed E-state index contributed by atoms with van der Waals surface area (Å²) in [6.45, 7) is 0.621. The molecule has 0 aliphatic rings. The van der Waals surface area contributed by atoms with Crippen molar-refractivity contribution in [3.8, 4) is 6.07 Å². The Hall–Kier alpha value is -1.09. The quantitative estimate of drug-likeness (QED) is 0.925. The maximum Gasteiger partial charge on any atom is 0.113 e. The highest BCUT2D eigenvalue weighted by Crippen LogP contribution is 2.23. The first-order valence-electron chi connectivity index (χ1n) is 4.73. The van der Waals surface area contributed by atoms with Gasteiger partial charge in [-0.3, -0.25) is 0 Å². The van der Waals surface area contributed by atoms with E-state index in [1.54, 1.807) is 12.3 Å². The maximum absolute atomic E-state index is 8.80. The second kappa shape index (κ2) is 5.50. The highest BCUT2D eigenvalue weighted by atomic mass is 79.9. The average Bonchev–Trinajstić information content (AvgIpc) is 2.73. The summed E-state index contributed by atoms with van der Waals surface area (Å²) in [7, 11) is 0. The Bertz CT molecular complexity index is 576. The van der Waals surface area contributed by atoms with Crippen LogP contribution in [0.2, 0.25) is 4.34 Å². The lowest BCUT2D eigenvalue weighted by atomic mass is 10.2. The summed E-state index contributed by atoms with van der Waals surface area (Å²) in [5, 5.41) is 12.9. The topological polar surface area (TPSA) is 48.7 Å². The van der Waals surface area contributed by atoms with E-state index in [0.717, 1.165) is 15.2 Å². The molecule has 0 bridgehead atoms. The van der Waals surface area contributed by atoms with Crippen LogP contribution < -0.4 is 5.32 Å². The Balaban J connectivity index is 2.05. The minimum Gasteiger partial charge on any atom is -0.378 e. The molecule has 6 heteroatoms. The zero-order chi connectivity index (χ0) is 12.3. The number of nitriles is 1. The number of nitrogens with zero attached hydrogens (tertiary/aromatic N) is 2. The number of hydrogen-bond donors (Lipinski definition) is 1. The van der Waals surface area contributed by atoms with Gasteiger partial charge in [-0.1, -0.05) is 11.6 Å². The fourth-order valence-corrected chi connectivity index (χ4v) is 2.63. The van der Waals surface area contributed by atoms with Crippen LogP contribution in [0.25, 0.3) is 0 Å². The van der Waals surface area contributed by atoms with Gasteiger partial charge in [0.05, 0.1) is 18.3 Å². The number of rotatable bonds is 3. The molecule has 0 spiro atoms. The molecule has 0 atom stereocenters. The van der Waals surface area contributed by atoms with Gasteiger partial charge < -0.3 is 5.32 Å². The second-order valence-electron chi connectivity index (χ2n) is 3.22. The summed E-state index contributed by atoms with van der Waals surface area (Å²) in [5.41, 5.74) is 1.55. The first kappa shape index (κ1) is 12.4. The second-order valence-corrected chi connectivity index (χ2v) is 5.82. The van der Waals surface area contributed by atoms with E-state index < -0.39 is 0 Å². The van der Waals surface area contributed by atoms with Gasteiger partial charge in [0, 0.05) is 10.2 Å². The molecular weight excluding hydrogens is 322 g/mol. The number of nitrogens with one attached hydrogen (secondary N) is 1.